The van der Waals surface area contributed by atoms with Gasteiger partial charge in [0.15, 0.2) is 0 Å². The van der Waals surface area contributed by atoms with Crippen LogP contribution < -0.4 is 0 Å². The van der Waals surface area contributed by atoms with E-state index in [4.69, 9.17) is 10.00 Å². The molecule has 0 unspecified atom stereocenters. The maximum absolute atomic E-state index is 8.79. The fourth-order valence-corrected chi connectivity index (χ4v) is 1.85. The molecule has 0 spiro atoms. The van der Waals surface area contributed by atoms with Crippen LogP contribution in [0.25, 0.3) is 16.5 Å². The first-order valence-electron chi connectivity index (χ1n) is 5.57. The summed E-state index contributed by atoms with van der Waals surface area (Å²) in [5.41, 5.74) is 0.964. The largest absolute Gasteiger partial charge is 0.492 e. The minimum Gasteiger partial charge on any atom is -0.492 e. The molecule has 0 saturated carbocycles. The van der Waals surface area contributed by atoms with Gasteiger partial charge >= 0.3 is 0 Å². The van der Waals surface area contributed by atoms with E-state index in [9.17, 15) is 0 Å². The Morgan fingerprint density at radius 2 is 2.00 bits per heavy atom. The first-order chi connectivity index (χ1) is 8.36. The first-order valence-corrected chi connectivity index (χ1v) is 5.57. The summed E-state index contributed by atoms with van der Waals surface area (Å²) in [6, 6.07) is 16.1. The van der Waals surface area contributed by atoms with Gasteiger partial charge in [0.2, 0.25) is 0 Å². The second-order valence-corrected chi connectivity index (χ2v) is 3.60. The Hall–Kier alpha value is -2.27. The van der Waals surface area contributed by atoms with E-state index in [0.29, 0.717) is 12.4 Å². The van der Waals surface area contributed by atoms with Crippen LogP contribution in [0.4, 0.5) is 0 Å². The molecule has 0 atom stereocenters. The highest BCUT2D eigenvalue weighted by atomic mass is 16.5. The summed E-state index contributed by atoms with van der Waals surface area (Å²) in [6.45, 7) is 2.47. The number of rotatable bonds is 3. The lowest BCUT2D eigenvalue weighted by molar-refractivity contribution is 0.298. The molecular formula is C15H13NO. The van der Waals surface area contributed by atoms with E-state index in [1.54, 1.807) is 0 Å². The molecule has 0 aliphatic heterocycles. The van der Waals surface area contributed by atoms with E-state index >= 15 is 0 Å². The molecular weight excluding hydrogens is 210 g/mol. The zero-order valence-electron chi connectivity index (χ0n) is 9.68. The highest BCUT2D eigenvalue weighted by Crippen LogP contribution is 2.25. The van der Waals surface area contributed by atoms with Gasteiger partial charge in [-0.2, -0.15) is 5.26 Å². The fraction of sp³-hybridized carbons (Fsp3) is 0.133. The van der Waals surface area contributed by atoms with Crippen LogP contribution >= 0.6 is 0 Å². The number of nitrogens with zero attached hydrogens (tertiary/aromatic N) is 1. The molecule has 0 fully saturated rings. The number of hydrogen-bond acceptors (Lipinski definition) is 2. The smallest absolute Gasteiger partial charge is 0.137 e. The van der Waals surface area contributed by atoms with Gasteiger partial charge in [0.1, 0.15) is 5.76 Å². The summed E-state index contributed by atoms with van der Waals surface area (Å²) >= 11 is 0. The van der Waals surface area contributed by atoms with E-state index in [0.717, 1.165) is 16.3 Å². The third-order valence-electron chi connectivity index (χ3n) is 2.55. The van der Waals surface area contributed by atoms with Gasteiger partial charge in [0.05, 0.1) is 18.8 Å². The second kappa shape index (κ2) is 5.18. The average molecular weight is 223 g/mol. The van der Waals surface area contributed by atoms with Gasteiger partial charge in [-0.15, -0.1) is 0 Å². The summed E-state index contributed by atoms with van der Waals surface area (Å²) in [6.07, 6.45) is 1.45. The molecule has 17 heavy (non-hydrogen) atoms. The number of fused-ring (bicyclic) bond motifs is 1. The first kappa shape index (κ1) is 11.2. The van der Waals surface area contributed by atoms with Crippen LogP contribution in [-0.4, -0.2) is 6.61 Å². The Morgan fingerprint density at radius 1 is 1.24 bits per heavy atom. The molecule has 0 aromatic heterocycles. The van der Waals surface area contributed by atoms with Crippen molar-refractivity contribution in [1.29, 1.82) is 5.26 Å². The molecule has 2 aromatic rings. The minimum absolute atomic E-state index is 0.552. The zero-order chi connectivity index (χ0) is 12.1. The third-order valence-corrected chi connectivity index (χ3v) is 2.55. The molecule has 0 amide bonds. The molecule has 84 valence electrons. The van der Waals surface area contributed by atoms with Crippen molar-refractivity contribution in [3.8, 4) is 6.07 Å². The molecule has 2 nitrogen and oxygen atoms in total. The lowest BCUT2D eigenvalue weighted by Crippen LogP contribution is -1.92. The molecule has 2 heteroatoms. The van der Waals surface area contributed by atoms with Crippen molar-refractivity contribution in [2.75, 3.05) is 6.61 Å². The number of benzene rings is 2. The van der Waals surface area contributed by atoms with Crippen molar-refractivity contribution in [3.63, 3.8) is 0 Å². The van der Waals surface area contributed by atoms with Crippen LogP contribution in [0.5, 0.6) is 0 Å². The van der Waals surface area contributed by atoms with Gasteiger partial charge in [-0.3, -0.25) is 0 Å². The Labute approximate surface area is 101 Å². The summed E-state index contributed by atoms with van der Waals surface area (Å²) in [5.74, 6) is 0.631. The molecule has 0 aliphatic carbocycles. The van der Waals surface area contributed by atoms with Crippen LogP contribution in [0, 0.1) is 11.3 Å². The van der Waals surface area contributed by atoms with Crippen LogP contribution in [-0.2, 0) is 4.74 Å². The van der Waals surface area contributed by atoms with E-state index in [1.165, 1.54) is 6.08 Å². The highest BCUT2D eigenvalue weighted by Gasteiger charge is 2.06. The van der Waals surface area contributed by atoms with Gasteiger partial charge in [0, 0.05) is 5.56 Å². The van der Waals surface area contributed by atoms with Crippen LogP contribution in [0.3, 0.4) is 0 Å². The van der Waals surface area contributed by atoms with Crippen molar-refractivity contribution in [3.05, 3.63) is 54.1 Å². The Bertz CT molecular complexity index is 588. The number of hydrogen-bond donors (Lipinski definition) is 0. The maximum Gasteiger partial charge on any atom is 0.137 e. The SMILES string of the molecule is CCO/C(=C/C#N)c1cccc2ccccc12. The molecule has 0 aliphatic rings. The number of nitriles is 1. The molecule has 0 radical (unpaired) electrons. The van der Waals surface area contributed by atoms with Gasteiger partial charge in [0.25, 0.3) is 0 Å². The van der Waals surface area contributed by atoms with Gasteiger partial charge < -0.3 is 4.74 Å². The third kappa shape index (κ3) is 2.29. The predicted octanol–water partition coefficient (Wildman–Crippen LogP) is 3.74. The van der Waals surface area contributed by atoms with Crippen molar-refractivity contribution in [1.82, 2.24) is 0 Å². The summed E-state index contributed by atoms with van der Waals surface area (Å²) in [7, 11) is 0. The lowest BCUT2D eigenvalue weighted by Gasteiger charge is -2.10. The number of allylic oxidation sites excluding steroid dienone is 1. The van der Waals surface area contributed by atoms with E-state index < -0.39 is 0 Å². The minimum atomic E-state index is 0.552. The van der Waals surface area contributed by atoms with Crippen molar-refractivity contribution >= 4 is 16.5 Å². The summed E-state index contributed by atoms with van der Waals surface area (Å²) < 4.78 is 5.52. The Balaban J connectivity index is 2.62. The predicted molar refractivity (Wildman–Crippen MR) is 69.2 cm³/mol. The zero-order valence-corrected chi connectivity index (χ0v) is 9.68. The van der Waals surface area contributed by atoms with E-state index in [1.807, 2.05) is 43.3 Å². The van der Waals surface area contributed by atoms with Crippen molar-refractivity contribution in [2.45, 2.75) is 6.92 Å². The quantitative estimate of drug-likeness (QED) is 0.586. The molecule has 2 rings (SSSR count). The van der Waals surface area contributed by atoms with Gasteiger partial charge in [-0.25, -0.2) is 0 Å². The molecule has 0 bridgehead atoms. The van der Waals surface area contributed by atoms with E-state index in [2.05, 4.69) is 12.1 Å². The van der Waals surface area contributed by atoms with Gasteiger partial charge in [-0.1, -0.05) is 42.5 Å². The Morgan fingerprint density at radius 3 is 2.76 bits per heavy atom. The topological polar surface area (TPSA) is 33.0 Å². The standard InChI is InChI=1S/C15H13NO/c1-2-17-15(10-11-16)14-9-5-7-12-6-3-4-8-13(12)14/h3-10H,2H2,1H3/b15-10+. The molecule has 0 heterocycles. The second-order valence-electron chi connectivity index (χ2n) is 3.60. The van der Waals surface area contributed by atoms with E-state index in [-0.39, 0.29) is 0 Å². The average Bonchev–Trinajstić information content (AvgIpc) is 2.38. The molecule has 2 aromatic carbocycles. The monoisotopic (exact) mass is 223 g/mol. The van der Waals surface area contributed by atoms with Crippen LogP contribution in [0.2, 0.25) is 0 Å². The number of ether oxygens (including phenoxy) is 1. The normalized spacial score (nSPS) is 11.2. The van der Waals surface area contributed by atoms with Crippen LogP contribution in [0.1, 0.15) is 12.5 Å². The van der Waals surface area contributed by atoms with Crippen molar-refractivity contribution in [2.24, 2.45) is 0 Å². The lowest BCUT2D eigenvalue weighted by atomic mass is 10.0. The highest BCUT2D eigenvalue weighted by molar-refractivity contribution is 5.92. The molecule has 0 saturated heterocycles. The maximum atomic E-state index is 8.79. The van der Waals surface area contributed by atoms with Crippen molar-refractivity contribution < 1.29 is 4.74 Å². The Kier molecular flexibility index (Phi) is 3.42. The molecule has 0 N–H and O–H groups in total. The van der Waals surface area contributed by atoms with Crippen LogP contribution in [0.15, 0.2) is 48.5 Å². The summed E-state index contributed by atoms with van der Waals surface area (Å²) in [4.78, 5) is 0. The fourth-order valence-electron chi connectivity index (χ4n) is 1.85. The summed E-state index contributed by atoms with van der Waals surface area (Å²) in [5, 5.41) is 11.0. The van der Waals surface area contributed by atoms with Gasteiger partial charge in [-0.05, 0) is 17.7 Å².